The van der Waals surface area contributed by atoms with Gasteiger partial charge in [-0.2, -0.15) is 8.78 Å². The fraction of sp³-hybridized carbons (Fsp3) is 0.286. The van der Waals surface area contributed by atoms with Crippen LogP contribution in [-0.4, -0.2) is 22.8 Å². The normalized spacial score (nSPS) is 10.7. The molecule has 2 aromatic rings. The summed E-state index contributed by atoms with van der Waals surface area (Å²) in [6, 6.07) is 6.94. The molecule has 2 rings (SSSR count). The lowest BCUT2D eigenvalue weighted by Gasteiger charge is -2.15. The molecule has 1 heterocycles. The Kier molecular flexibility index (Phi) is 5.32. The highest BCUT2D eigenvalue weighted by molar-refractivity contribution is 7.99. The molecule has 0 spiro atoms. The highest BCUT2D eigenvalue weighted by atomic mass is 32.2. The summed E-state index contributed by atoms with van der Waals surface area (Å²) < 4.78 is 25.2. The van der Waals surface area contributed by atoms with Gasteiger partial charge in [0.15, 0.2) is 0 Å². The summed E-state index contributed by atoms with van der Waals surface area (Å²) in [7, 11) is 1.78. The van der Waals surface area contributed by atoms with Gasteiger partial charge in [-0.15, -0.1) is 0 Å². The van der Waals surface area contributed by atoms with E-state index in [1.165, 1.54) is 6.33 Å². The molecule has 2 N–H and O–H groups in total. The summed E-state index contributed by atoms with van der Waals surface area (Å²) >= 11 is 0.513. The number of aromatic nitrogens is 2. The monoisotopic (exact) mass is 310 g/mol. The van der Waals surface area contributed by atoms with Crippen molar-refractivity contribution in [3.8, 4) is 0 Å². The summed E-state index contributed by atoms with van der Waals surface area (Å²) in [6.45, 7) is 1.99. The van der Waals surface area contributed by atoms with Crippen LogP contribution in [0.1, 0.15) is 12.5 Å². The standard InChI is InChI=1S/C14H16F2N4S/c1-3-9-12(17-2)18-8-19-13(9)20-10-6-4-5-7-11(10)21-14(15)16/h4-8,14H,3H2,1-2H3,(H2,17,18,19,20). The molecule has 0 bridgehead atoms. The summed E-state index contributed by atoms with van der Waals surface area (Å²) in [5.74, 6) is -1.11. The lowest BCUT2D eigenvalue weighted by molar-refractivity contribution is 0.252. The number of nitrogens with zero attached hydrogens (tertiary/aromatic N) is 2. The number of hydrogen-bond acceptors (Lipinski definition) is 5. The zero-order chi connectivity index (χ0) is 15.2. The van der Waals surface area contributed by atoms with Gasteiger partial charge in [-0.25, -0.2) is 9.97 Å². The third-order valence-corrected chi connectivity index (χ3v) is 3.68. The Morgan fingerprint density at radius 1 is 1.19 bits per heavy atom. The first-order valence-electron chi connectivity index (χ1n) is 6.48. The average Bonchev–Trinajstić information content (AvgIpc) is 2.48. The van der Waals surface area contributed by atoms with Crippen LogP contribution in [0.2, 0.25) is 0 Å². The van der Waals surface area contributed by atoms with Crippen LogP contribution in [0.5, 0.6) is 0 Å². The number of anilines is 3. The molecule has 0 saturated carbocycles. The van der Waals surface area contributed by atoms with Crippen LogP contribution in [-0.2, 0) is 6.42 Å². The molecular formula is C14H16F2N4S. The molecule has 0 saturated heterocycles. The zero-order valence-corrected chi connectivity index (χ0v) is 12.5. The molecule has 4 nitrogen and oxygen atoms in total. The van der Waals surface area contributed by atoms with Gasteiger partial charge >= 0.3 is 0 Å². The van der Waals surface area contributed by atoms with Crippen LogP contribution >= 0.6 is 11.8 Å². The van der Waals surface area contributed by atoms with E-state index >= 15 is 0 Å². The third-order valence-electron chi connectivity index (χ3n) is 2.89. The predicted octanol–water partition coefficient (Wildman–Crippen LogP) is 4.14. The second kappa shape index (κ2) is 7.21. The number of rotatable bonds is 6. The Labute approximate surface area is 126 Å². The first kappa shape index (κ1) is 15.5. The maximum atomic E-state index is 12.6. The minimum Gasteiger partial charge on any atom is -0.373 e. The fourth-order valence-electron chi connectivity index (χ4n) is 1.97. The fourth-order valence-corrected chi connectivity index (χ4v) is 2.56. The van der Waals surface area contributed by atoms with Crippen LogP contribution in [0.4, 0.5) is 26.1 Å². The predicted molar refractivity (Wildman–Crippen MR) is 82.5 cm³/mol. The van der Waals surface area contributed by atoms with Gasteiger partial charge in [0.1, 0.15) is 18.0 Å². The Morgan fingerprint density at radius 3 is 2.57 bits per heavy atom. The van der Waals surface area contributed by atoms with Gasteiger partial charge in [0.05, 0.1) is 5.69 Å². The van der Waals surface area contributed by atoms with Crippen molar-refractivity contribution in [1.29, 1.82) is 0 Å². The van der Waals surface area contributed by atoms with Gasteiger partial charge in [0.2, 0.25) is 0 Å². The Bertz CT molecular complexity index is 607. The minimum atomic E-state index is -2.46. The highest BCUT2D eigenvalue weighted by Gasteiger charge is 2.13. The van der Waals surface area contributed by atoms with E-state index in [0.29, 0.717) is 28.2 Å². The lowest BCUT2D eigenvalue weighted by atomic mass is 10.2. The van der Waals surface area contributed by atoms with Crippen LogP contribution in [0.3, 0.4) is 0 Å². The topological polar surface area (TPSA) is 49.8 Å². The van der Waals surface area contributed by atoms with E-state index in [0.717, 1.165) is 17.8 Å². The lowest BCUT2D eigenvalue weighted by Crippen LogP contribution is -2.05. The van der Waals surface area contributed by atoms with E-state index in [-0.39, 0.29) is 0 Å². The van der Waals surface area contributed by atoms with E-state index in [2.05, 4.69) is 20.6 Å². The van der Waals surface area contributed by atoms with E-state index in [4.69, 9.17) is 0 Å². The molecule has 0 aliphatic rings. The number of thioether (sulfide) groups is 1. The molecular weight excluding hydrogens is 294 g/mol. The first-order valence-corrected chi connectivity index (χ1v) is 7.36. The maximum absolute atomic E-state index is 12.6. The van der Waals surface area contributed by atoms with Crippen molar-refractivity contribution >= 4 is 29.1 Å². The molecule has 21 heavy (non-hydrogen) atoms. The summed E-state index contributed by atoms with van der Waals surface area (Å²) in [5.41, 5.74) is 1.52. The van der Waals surface area contributed by atoms with Crippen molar-refractivity contribution in [3.63, 3.8) is 0 Å². The van der Waals surface area contributed by atoms with E-state index < -0.39 is 5.76 Å². The maximum Gasteiger partial charge on any atom is 0.288 e. The summed E-state index contributed by atoms with van der Waals surface area (Å²) in [4.78, 5) is 8.85. The smallest absolute Gasteiger partial charge is 0.288 e. The zero-order valence-electron chi connectivity index (χ0n) is 11.7. The van der Waals surface area contributed by atoms with Gasteiger partial charge in [0.25, 0.3) is 5.76 Å². The van der Waals surface area contributed by atoms with Crippen LogP contribution in [0.25, 0.3) is 0 Å². The number of alkyl halides is 2. The quantitative estimate of drug-likeness (QED) is 0.785. The second-order valence-electron chi connectivity index (χ2n) is 4.15. The molecule has 0 aliphatic carbocycles. The van der Waals surface area contributed by atoms with Gasteiger partial charge in [-0.05, 0) is 18.6 Å². The van der Waals surface area contributed by atoms with Gasteiger partial charge in [0, 0.05) is 17.5 Å². The van der Waals surface area contributed by atoms with E-state index in [1.54, 1.807) is 31.3 Å². The van der Waals surface area contributed by atoms with Crippen molar-refractivity contribution in [2.24, 2.45) is 0 Å². The number of halogens is 2. The van der Waals surface area contributed by atoms with Crippen molar-refractivity contribution in [3.05, 3.63) is 36.2 Å². The average molecular weight is 310 g/mol. The molecule has 0 fully saturated rings. The van der Waals surface area contributed by atoms with E-state index in [9.17, 15) is 8.78 Å². The molecule has 7 heteroatoms. The van der Waals surface area contributed by atoms with Crippen molar-refractivity contribution in [1.82, 2.24) is 9.97 Å². The van der Waals surface area contributed by atoms with Crippen molar-refractivity contribution < 1.29 is 8.78 Å². The Hall–Kier alpha value is -1.89. The number of benzene rings is 1. The largest absolute Gasteiger partial charge is 0.373 e. The number of hydrogen-bond donors (Lipinski definition) is 2. The van der Waals surface area contributed by atoms with Gasteiger partial charge in [-0.3, -0.25) is 0 Å². The molecule has 0 radical (unpaired) electrons. The van der Waals surface area contributed by atoms with Crippen LogP contribution in [0.15, 0.2) is 35.5 Å². The molecule has 1 aromatic heterocycles. The Balaban J connectivity index is 2.34. The molecule has 0 atom stereocenters. The number of nitrogens with one attached hydrogen (secondary N) is 2. The minimum absolute atomic E-state index is 0.485. The molecule has 112 valence electrons. The van der Waals surface area contributed by atoms with Gasteiger partial charge < -0.3 is 10.6 Å². The van der Waals surface area contributed by atoms with Gasteiger partial charge in [-0.1, -0.05) is 30.8 Å². The van der Waals surface area contributed by atoms with Crippen molar-refractivity contribution in [2.75, 3.05) is 17.7 Å². The molecule has 1 aromatic carbocycles. The van der Waals surface area contributed by atoms with Crippen molar-refractivity contribution in [2.45, 2.75) is 24.0 Å². The second-order valence-corrected chi connectivity index (χ2v) is 5.18. The first-order chi connectivity index (χ1) is 10.2. The molecule has 0 aliphatic heterocycles. The number of para-hydroxylation sites is 1. The highest BCUT2D eigenvalue weighted by Crippen LogP contribution is 2.34. The van der Waals surface area contributed by atoms with E-state index in [1.807, 2.05) is 6.92 Å². The Morgan fingerprint density at radius 2 is 1.90 bits per heavy atom. The third kappa shape index (κ3) is 3.81. The summed E-state index contributed by atoms with van der Waals surface area (Å²) in [5, 5.41) is 6.13. The SMILES string of the molecule is CCc1c(NC)ncnc1Nc1ccccc1SC(F)F. The van der Waals surface area contributed by atoms with Crippen LogP contribution in [0, 0.1) is 0 Å². The summed E-state index contributed by atoms with van der Waals surface area (Å²) in [6.07, 6.45) is 2.17. The van der Waals surface area contributed by atoms with Crippen LogP contribution < -0.4 is 10.6 Å². The molecule has 0 amide bonds. The molecule has 0 unspecified atom stereocenters.